The summed E-state index contributed by atoms with van der Waals surface area (Å²) in [6, 6.07) is 0. The van der Waals surface area contributed by atoms with Crippen LogP contribution in [0.15, 0.2) is 0 Å². The molecule has 2 N–H and O–H groups in total. The van der Waals surface area contributed by atoms with E-state index in [-0.39, 0.29) is 6.54 Å². The predicted octanol–water partition coefficient (Wildman–Crippen LogP) is 2.89. The number of carboxylic acids is 1. The number of aliphatic hydroxyl groups excluding tert-OH is 1. The predicted molar refractivity (Wildman–Crippen MR) is 87.2 cm³/mol. The monoisotopic (exact) mass is 329 g/mol. The van der Waals surface area contributed by atoms with Crippen molar-refractivity contribution in [1.29, 1.82) is 0 Å². The quantitative estimate of drug-likeness (QED) is 0.782. The maximum Gasteiger partial charge on any atom is 0.410 e. The van der Waals surface area contributed by atoms with Crippen molar-refractivity contribution in [3.8, 4) is 0 Å². The number of hydrogen-bond donors (Lipinski definition) is 2. The SMILES string of the molecule is CN(CC(O)C(CC1CCCCC1)C(=O)O)C(=O)OC(C)(C)C. The maximum absolute atomic E-state index is 11.9. The molecule has 0 spiro atoms. The molecule has 0 aromatic rings. The van der Waals surface area contributed by atoms with Gasteiger partial charge in [-0.15, -0.1) is 0 Å². The van der Waals surface area contributed by atoms with Crippen molar-refractivity contribution in [1.82, 2.24) is 4.90 Å². The van der Waals surface area contributed by atoms with Gasteiger partial charge in [-0.1, -0.05) is 32.1 Å². The minimum atomic E-state index is -1.09. The molecule has 2 unspecified atom stereocenters. The molecular formula is C17H31NO5. The van der Waals surface area contributed by atoms with Gasteiger partial charge in [0, 0.05) is 7.05 Å². The van der Waals surface area contributed by atoms with E-state index in [4.69, 9.17) is 4.74 Å². The van der Waals surface area contributed by atoms with E-state index < -0.39 is 29.7 Å². The van der Waals surface area contributed by atoms with Crippen LogP contribution in [0.25, 0.3) is 0 Å². The molecule has 6 heteroatoms. The van der Waals surface area contributed by atoms with Gasteiger partial charge in [0.1, 0.15) is 5.60 Å². The van der Waals surface area contributed by atoms with Gasteiger partial charge in [-0.3, -0.25) is 4.79 Å². The Hall–Kier alpha value is -1.30. The summed E-state index contributed by atoms with van der Waals surface area (Å²) in [6.45, 7) is 5.24. The Balaban J connectivity index is 2.57. The Morgan fingerprint density at radius 2 is 1.78 bits per heavy atom. The van der Waals surface area contributed by atoms with Crippen LogP contribution in [0, 0.1) is 11.8 Å². The Kier molecular flexibility index (Phi) is 7.32. The first-order chi connectivity index (χ1) is 10.6. The normalized spacial score (nSPS) is 19.0. The number of rotatable bonds is 6. The summed E-state index contributed by atoms with van der Waals surface area (Å²) in [5, 5.41) is 19.7. The van der Waals surface area contributed by atoms with Gasteiger partial charge >= 0.3 is 12.1 Å². The highest BCUT2D eigenvalue weighted by Crippen LogP contribution is 2.30. The lowest BCUT2D eigenvalue weighted by Crippen LogP contribution is -2.43. The molecule has 1 fully saturated rings. The van der Waals surface area contributed by atoms with Crippen LogP contribution in [0.5, 0.6) is 0 Å². The van der Waals surface area contributed by atoms with Crippen molar-refractivity contribution in [2.24, 2.45) is 11.8 Å². The third kappa shape index (κ3) is 7.20. The molecule has 0 heterocycles. The number of carbonyl (C=O) groups excluding carboxylic acids is 1. The van der Waals surface area contributed by atoms with E-state index in [9.17, 15) is 19.8 Å². The van der Waals surface area contributed by atoms with Gasteiger partial charge in [0.05, 0.1) is 18.6 Å². The van der Waals surface area contributed by atoms with Crippen LogP contribution in [0.4, 0.5) is 4.79 Å². The summed E-state index contributed by atoms with van der Waals surface area (Å²) in [4.78, 5) is 24.7. The average Bonchev–Trinajstić information content (AvgIpc) is 2.43. The second-order valence-corrected chi connectivity index (χ2v) is 7.61. The summed E-state index contributed by atoms with van der Waals surface area (Å²) in [7, 11) is 1.51. The van der Waals surface area contributed by atoms with Crippen LogP contribution in [0.3, 0.4) is 0 Å². The zero-order valence-electron chi connectivity index (χ0n) is 14.7. The molecule has 0 radical (unpaired) electrons. The van der Waals surface area contributed by atoms with Crippen molar-refractivity contribution < 1.29 is 24.5 Å². The van der Waals surface area contributed by atoms with Gasteiger partial charge in [-0.2, -0.15) is 0 Å². The smallest absolute Gasteiger partial charge is 0.410 e. The van der Waals surface area contributed by atoms with Crippen LogP contribution < -0.4 is 0 Å². The lowest BCUT2D eigenvalue weighted by molar-refractivity contribution is -0.147. The van der Waals surface area contributed by atoms with Crippen LogP contribution in [-0.4, -0.2) is 52.5 Å². The molecule has 0 bridgehead atoms. The lowest BCUT2D eigenvalue weighted by Gasteiger charge is -2.30. The van der Waals surface area contributed by atoms with E-state index in [0.29, 0.717) is 12.3 Å². The van der Waals surface area contributed by atoms with Crippen molar-refractivity contribution in [2.45, 2.75) is 71.0 Å². The lowest BCUT2D eigenvalue weighted by atomic mass is 9.81. The molecular weight excluding hydrogens is 298 g/mol. The minimum Gasteiger partial charge on any atom is -0.481 e. The fourth-order valence-corrected chi connectivity index (χ4v) is 3.03. The molecule has 134 valence electrons. The average molecular weight is 329 g/mol. The number of aliphatic carboxylic acids is 1. The van der Waals surface area contributed by atoms with Crippen LogP contribution in [0.1, 0.15) is 59.3 Å². The number of carboxylic acid groups (broad SMARTS) is 1. The fourth-order valence-electron chi connectivity index (χ4n) is 3.03. The number of aliphatic hydroxyl groups is 1. The van der Waals surface area contributed by atoms with Crippen molar-refractivity contribution in [3.05, 3.63) is 0 Å². The first-order valence-corrected chi connectivity index (χ1v) is 8.45. The molecule has 0 aliphatic heterocycles. The van der Waals surface area contributed by atoms with Gasteiger partial charge in [-0.25, -0.2) is 4.79 Å². The molecule has 1 amide bonds. The molecule has 1 rings (SSSR count). The number of likely N-dealkylation sites (N-methyl/N-ethyl adjacent to an activating group) is 1. The Labute approximate surface area is 138 Å². The molecule has 0 aromatic carbocycles. The molecule has 6 nitrogen and oxygen atoms in total. The number of ether oxygens (including phenoxy) is 1. The van der Waals surface area contributed by atoms with Crippen molar-refractivity contribution in [2.75, 3.05) is 13.6 Å². The van der Waals surface area contributed by atoms with Gasteiger partial charge in [0.25, 0.3) is 0 Å². The number of amides is 1. The Bertz CT molecular complexity index is 398. The summed E-state index contributed by atoms with van der Waals surface area (Å²) >= 11 is 0. The summed E-state index contributed by atoms with van der Waals surface area (Å²) in [5.74, 6) is -1.49. The first kappa shape index (κ1) is 19.7. The summed E-state index contributed by atoms with van der Waals surface area (Å²) < 4.78 is 5.22. The first-order valence-electron chi connectivity index (χ1n) is 8.45. The maximum atomic E-state index is 11.9. The largest absolute Gasteiger partial charge is 0.481 e. The third-order valence-electron chi connectivity index (χ3n) is 4.26. The highest BCUT2D eigenvalue weighted by molar-refractivity contribution is 5.71. The third-order valence-corrected chi connectivity index (χ3v) is 4.26. The molecule has 0 aromatic heterocycles. The highest BCUT2D eigenvalue weighted by atomic mass is 16.6. The van der Waals surface area contributed by atoms with Crippen LogP contribution >= 0.6 is 0 Å². The van der Waals surface area contributed by atoms with Crippen LogP contribution in [0.2, 0.25) is 0 Å². The molecule has 1 saturated carbocycles. The minimum absolute atomic E-state index is 0.0431. The fraction of sp³-hybridized carbons (Fsp3) is 0.882. The number of nitrogens with zero attached hydrogens (tertiary/aromatic N) is 1. The van der Waals surface area contributed by atoms with E-state index in [0.717, 1.165) is 25.7 Å². The number of carbonyl (C=O) groups is 2. The van der Waals surface area contributed by atoms with Crippen molar-refractivity contribution >= 4 is 12.1 Å². The Morgan fingerprint density at radius 1 is 1.22 bits per heavy atom. The van der Waals surface area contributed by atoms with Crippen molar-refractivity contribution in [3.63, 3.8) is 0 Å². The van der Waals surface area contributed by atoms with E-state index >= 15 is 0 Å². The second-order valence-electron chi connectivity index (χ2n) is 7.61. The van der Waals surface area contributed by atoms with Gasteiger partial charge in [0.2, 0.25) is 0 Å². The van der Waals surface area contributed by atoms with E-state index in [1.54, 1.807) is 20.8 Å². The summed E-state index contributed by atoms with van der Waals surface area (Å²) in [6.07, 6.45) is 4.34. The van der Waals surface area contributed by atoms with E-state index in [2.05, 4.69) is 0 Å². The second kappa shape index (κ2) is 8.52. The molecule has 0 saturated heterocycles. The topological polar surface area (TPSA) is 87.1 Å². The standard InChI is InChI=1S/C17H31NO5/c1-17(2,3)23-16(22)18(4)11-14(19)13(15(20)21)10-12-8-6-5-7-9-12/h12-14,19H,5-11H2,1-4H3,(H,20,21). The van der Waals surface area contributed by atoms with Gasteiger partial charge < -0.3 is 19.8 Å². The molecule has 1 aliphatic rings. The highest BCUT2D eigenvalue weighted by Gasteiger charge is 2.32. The zero-order valence-corrected chi connectivity index (χ0v) is 14.7. The van der Waals surface area contributed by atoms with Gasteiger partial charge in [0.15, 0.2) is 0 Å². The zero-order chi connectivity index (χ0) is 17.6. The summed E-state index contributed by atoms with van der Waals surface area (Å²) in [5.41, 5.74) is -0.620. The van der Waals surface area contributed by atoms with E-state index in [1.165, 1.54) is 18.4 Å². The molecule has 1 aliphatic carbocycles. The molecule has 23 heavy (non-hydrogen) atoms. The number of hydrogen-bond acceptors (Lipinski definition) is 4. The Morgan fingerprint density at radius 3 is 2.26 bits per heavy atom. The molecule has 2 atom stereocenters. The van der Waals surface area contributed by atoms with E-state index in [1.807, 2.05) is 0 Å². The van der Waals surface area contributed by atoms with Crippen LogP contribution in [-0.2, 0) is 9.53 Å². The van der Waals surface area contributed by atoms with Gasteiger partial charge in [-0.05, 0) is 33.1 Å².